The lowest BCUT2D eigenvalue weighted by molar-refractivity contribution is -0.137. The fraction of sp³-hybridized carbons (Fsp3) is 0.324. The summed E-state index contributed by atoms with van der Waals surface area (Å²) < 4.78 is 6.03. The number of carboxylic acid groups (broad SMARTS) is 1. The van der Waals surface area contributed by atoms with E-state index < -0.39 is 5.97 Å². The number of carbonyl (C=O) groups is 1. The lowest BCUT2D eigenvalue weighted by Crippen LogP contribution is -2.40. The number of hydrogen-bond donors (Lipinski definition) is 1. The average Bonchev–Trinajstić information content (AvgIpc) is 3.28. The third-order valence-electron chi connectivity index (χ3n) is 8.01. The number of carboxylic acids is 1. The molecule has 0 saturated carbocycles. The summed E-state index contributed by atoms with van der Waals surface area (Å²) in [4.78, 5) is 13.7. The second kappa shape index (κ2) is 11.3. The van der Waals surface area contributed by atoms with Crippen molar-refractivity contribution in [1.29, 1.82) is 0 Å². The first kappa shape index (κ1) is 25.8. The SMILES string of the molecule is CC#C[C@@H](CC(=O)O)c1ccc(OCc2ccc(CN3CCC4(C=Cc5ccccc54)CC3)c(C)c2)cc1. The standard InChI is InChI=1S/C34H35NO3/c1-3-6-29(22-33(36)37)27-11-13-31(14-12-27)38-24-26-9-10-30(25(2)21-26)23-35-19-17-34(18-20-35)16-15-28-7-4-5-8-32(28)34/h4-5,7-16,21,29H,17-20,22-24H2,1-2H3,(H,36,37)/t29-/m0/s1. The minimum Gasteiger partial charge on any atom is -0.489 e. The van der Waals surface area contributed by atoms with E-state index in [-0.39, 0.29) is 17.8 Å². The van der Waals surface area contributed by atoms with Crippen molar-refractivity contribution in [3.8, 4) is 17.6 Å². The number of aryl methyl sites for hydroxylation is 1. The molecule has 0 aromatic heterocycles. The topological polar surface area (TPSA) is 49.8 Å². The molecule has 0 amide bonds. The van der Waals surface area contributed by atoms with Gasteiger partial charge in [-0.05, 0) is 85.3 Å². The van der Waals surface area contributed by atoms with Gasteiger partial charge in [-0.25, -0.2) is 0 Å². The van der Waals surface area contributed by atoms with Gasteiger partial charge in [0.2, 0.25) is 0 Å². The fourth-order valence-electron chi connectivity index (χ4n) is 5.81. The molecule has 1 aliphatic carbocycles. The van der Waals surface area contributed by atoms with E-state index in [0.717, 1.165) is 36.5 Å². The summed E-state index contributed by atoms with van der Waals surface area (Å²) in [5.74, 6) is 5.43. The molecule has 38 heavy (non-hydrogen) atoms. The number of piperidine rings is 1. The van der Waals surface area contributed by atoms with Crippen LogP contribution in [0.2, 0.25) is 0 Å². The van der Waals surface area contributed by atoms with Crippen molar-refractivity contribution in [3.63, 3.8) is 0 Å². The fourth-order valence-corrected chi connectivity index (χ4v) is 5.81. The molecule has 1 aliphatic heterocycles. The first-order valence-electron chi connectivity index (χ1n) is 13.4. The zero-order valence-corrected chi connectivity index (χ0v) is 22.2. The van der Waals surface area contributed by atoms with Gasteiger partial charge in [-0.2, -0.15) is 0 Å². The van der Waals surface area contributed by atoms with Crippen LogP contribution >= 0.6 is 0 Å². The summed E-state index contributed by atoms with van der Waals surface area (Å²) in [7, 11) is 0. The Labute approximate surface area is 226 Å². The number of nitrogens with zero attached hydrogens (tertiary/aromatic N) is 1. The monoisotopic (exact) mass is 505 g/mol. The second-order valence-corrected chi connectivity index (χ2v) is 10.5. The maximum atomic E-state index is 11.1. The first-order chi connectivity index (χ1) is 18.5. The van der Waals surface area contributed by atoms with Gasteiger partial charge >= 0.3 is 5.97 Å². The van der Waals surface area contributed by atoms with Crippen LogP contribution in [-0.4, -0.2) is 29.1 Å². The van der Waals surface area contributed by atoms with Crippen LogP contribution in [0.4, 0.5) is 0 Å². The molecule has 1 N–H and O–H groups in total. The second-order valence-electron chi connectivity index (χ2n) is 10.5. The quantitative estimate of drug-likeness (QED) is 0.346. The van der Waals surface area contributed by atoms with Crippen LogP contribution in [0.1, 0.15) is 65.5 Å². The minimum absolute atomic E-state index is 0.00399. The highest BCUT2D eigenvalue weighted by atomic mass is 16.5. The zero-order valence-electron chi connectivity index (χ0n) is 22.2. The Balaban J connectivity index is 1.15. The molecule has 1 fully saturated rings. The summed E-state index contributed by atoms with van der Waals surface area (Å²) in [6.45, 7) is 7.60. The van der Waals surface area contributed by atoms with E-state index in [2.05, 4.69) is 78.3 Å². The smallest absolute Gasteiger partial charge is 0.304 e. The highest BCUT2D eigenvalue weighted by Gasteiger charge is 2.37. The van der Waals surface area contributed by atoms with E-state index in [0.29, 0.717) is 6.61 Å². The molecule has 0 radical (unpaired) electrons. The van der Waals surface area contributed by atoms with Gasteiger partial charge in [0.15, 0.2) is 0 Å². The predicted octanol–water partition coefficient (Wildman–Crippen LogP) is 6.72. The van der Waals surface area contributed by atoms with E-state index in [1.54, 1.807) is 6.92 Å². The normalized spacial score (nSPS) is 16.5. The summed E-state index contributed by atoms with van der Waals surface area (Å²) in [5.41, 5.74) is 7.82. The Morgan fingerprint density at radius 3 is 2.55 bits per heavy atom. The number of ether oxygens (including phenoxy) is 1. The van der Waals surface area contributed by atoms with Crippen LogP contribution in [-0.2, 0) is 23.4 Å². The molecule has 2 aliphatic rings. The lowest BCUT2D eigenvalue weighted by atomic mass is 9.74. The van der Waals surface area contributed by atoms with E-state index >= 15 is 0 Å². The van der Waals surface area contributed by atoms with Crippen LogP contribution in [0.15, 0.2) is 72.8 Å². The number of allylic oxidation sites excluding steroid dienone is 1. The molecule has 1 spiro atoms. The summed E-state index contributed by atoms with van der Waals surface area (Å²) in [6.07, 6.45) is 7.09. The van der Waals surface area contributed by atoms with Crippen molar-refractivity contribution in [1.82, 2.24) is 4.90 Å². The van der Waals surface area contributed by atoms with E-state index in [9.17, 15) is 4.79 Å². The van der Waals surface area contributed by atoms with E-state index in [1.165, 1.54) is 35.1 Å². The Hall–Kier alpha value is -3.81. The van der Waals surface area contributed by atoms with Crippen LogP contribution in [0, 0.1) is 18.8 Å². The van der Waals surface area contributed by atoms with Gasteiger partial charge in [-0.3, -0.25) is 9.69 Å². The lowest BCUT2D eigenvalue weighted by Gasteiger charge is -2.39. The minimum atomic E-state index is -0.849. The van der Waals surface area contributed by atoms with Gasteiger partial charge in [0.05, 0.1) is 12.3 Å². The van der Waals surface area contributed by atoms with Crippen molar-refractivity contribution in [2.75, 3.05) is 13.1 Å². The first-order valence-corrected chi connectivity index (χ1v) is 13.4. The molecule has 3 aromatic rings. The summed E-state index contributed by atoms with van der Waals surface area (Å²) >= 11 is 0. The molecule has 1 heterocycles. The van der Waals surface area contributed by atoms with Crippen LogP contribution in [0.25, 0.3) is 6.08 Å². The number of aliphatic carboxylic acids is 1. The maximum absolute atomic E-state index is 11.1. The van der Waals surface area contributed by atoms with Crippen molar-refractivity contribution in [3.05, 3.63) is 106 Å². The van der Waals surface area contributed by atoms with Crippen molar-refractivity contribution >= 4 is 12.0 Å². The number of likely N-dealkylation sites (tertiary alicyclic amines) is 1. The van der Waals surface area contributed by atoms with Crippen LogP contribution < -0.4 is 4.74 Å². The van der Waals surface area contributed by atoms with Gasteiger partial charge in [0, 0.05) is 12.0 Å². The largest absolute Gasteiger partial charge is 0.489 e. The van der Waals surface area contributed by atoms with Gasteiger partial charge in [-0.15, -0.1) is 5.92 Å². The molecule has 1 atom stereocenters. The average molecular weight is 506 g/mol. The number of benzene rings is 3. The van der Waals surface area contributed by atoms with Gasteiger partial charge in [0.1, 0.15) is 12.4 Å². The van der Waals surface area contributed by atoms with Crippen molar-refractivity contribution in [2.24, 2.45) is 0 Å². The maximum Gasteiger partial charge on any atom is 0.304 e. The third kappa shape index (κ3) is 5.69. The highest BCUT2D eigenvalue weighted by molar-refractivity contribution is 5.69. The molecular weight excluding hydrogens is 470 g/mol. The Morgan fingerprint density at radius 1 is 1.08 bits per heavy atom. The Kier molecular flexibility index (Phi) is 7.67. The molecular formula is C34H35NO3. The van der Waals surface area contributed by atoms with E-state index in [1.807, 2.05) is 24.3 Å². The van der Waals surface area contributed by atoms with Crippen LogP contribution in [0.3, 0.4) is 0 Å². The molecule has 4 nitrogen and oxygen atoms in total. The van der Waals surface area contributed by atoms with Gasteiger partial charge in [-0.1, -0.05) is 72.7 Å². The van der Waals surface area contributed by atoms with Crippen LogP contribution in [0.5, 0.6) is 5.75 Å². The highest BCUT2D eigenvalue weighted by Crippen LogP contribution is 2.43. The molecule has 4 heteroatoms. The Morgan fingerprint density at radius 2 is 1.84 bits per heavy atom. The predicted molar refractivity (Wildman–Crippen MR) is 152 cm³/mol. The molecule has 5 rings (SSSR count). The molecule has 194 valence electrons. The summed E-state index contributed by atoms with van der Waals surface area (Å²) in [5, 5.41) is 9.15. The molecule has 0 bridgehead atoms. The molecule has 0 unspecified atom stereocenters. The van der Waals surface area contributed by atoms with Crippen molar-refractivity contribution < 1.29 is 14.6 Å². The Bertz CT molecular complexity index is 1390. The van der Waals surface area contributed by atoms with Gasteiger partial charge < -0.3 is 9.84 Å². The number of fused-ring (bicyclic) bond motifs is 2. The molecule has 1 saturated heterocycles. The summed E-state index contributed by atoms with van der Waals surface area (Å²) in [6, 6.07) is 23.1. The van der Waals surface area contributed by atoms with Gasteiger partial charge in [0.25, 0.3) is 0 Å². The third-order valence-corrected chi connectivity index (χ3v) is 8.01. The number of hydrogen-bond acceptors (Lipinski definition) is 3. The number of rotatable bonds is 8. The van der Waals surface area contributed by atoms with Crippen molar-refractivity contribution in [2.45, 2.75) is 57.6 Å². The zero-order chi connectivity index (χ0) is 26.5. The molecule has 3 aromatic carbocycles. The van der Waals surface area contributed by atoms with E-state index in [4.69, 9.17) is 9.84 Å².